The summed E-state index contributed by atoms with van der Waals surface area (Å²) in [6.45, 7) is 3.41. The molecule has 0 radical (unpaired) electrons. The molecule has 0 spiro atoms. The zero-order valence-corrected chi connectivity index (χ0v) is 10.0. The number of nitrogens with one attached hydrogen (secondary N) is 2. The SMILES string of the molecule is C/C(=N\Nc1nnc(C)c(=O)[nH]1)c1cccnc1. The van der Waals surface area contributed by atoms with Crippen LogP contribution in [-0.4, -0.2) is 25.9 Å². The minimum Gasteiger partial charge on any atom is -0.288 e. The molecule has 0 saturated carbocycles. The third-order valence-electron chi connectivity index (χ3n) is 2.27. The zero-order chi connectivity index (χ0) is 13.0. The third-order valence-corrected chi connectivity index (χ3v) is 2.27. The Balaban J connectivity index is 2.15. The van der Waals surface area contributed by atoms with Crippen LogP contribution in [0.3, 0.4) is 0 Å². The Bertz CT molecular complexity index is 619. The lowest BCUT2D eigenvalue weighted by atomic mass is 10.2. The van der Waals surface area contributed by atoms with Crippen LogP contribution >= 0.6 is 0 Å². The Hall–Kier alpha value is -2.57. The molecule has 0 fully saturated rings. The van der Waals surface area contributed by atoms with E-state index in [1.54, 1.807) is 19.3 Å². The lowest BCUT2D eigenvalue weighted by molar-refractivity contribution is 0.897. The van der Waals surface area contributed by atoms with Crippen molar-refractivity contribution in [1.29, 1.82) is 0 Å². The predicted molar refractivity (Wildman–Crippen MR) is 67.5 cm³/mol. The van der Waals surface area contributed by atoms with E-state index in [4.69, 9.17) is 0 Å². The molecule has 2 aromatic rings. The number of aryl methyl sites for hydroxylation is 1. The lowest BCUT2D eigenvalue weighted by Gasteiger charge is -2.01. The zero-order valence-electron chi connectivity index (χ0n) is 10.0. The van der Waals surface area contributed by atoms with Crippen molar-refractivity contribution >= 4 is 11.7 Å². The Kier molecular flexibility index (Phi) is 3.42. The maximum atomic E-state index is 11.3. The second-order valence-corrected chi connectivity index (χ2v) is 3.64. The van der Waals surface area contributed by atoms with Crippen molar-refractivity contribution in [2.24, 2.45) is 5.10 Å². The highest BCUT2D eigenvalue weighted by Crippen LogP contribution is 1.99. The number of nitrogens with zero attached hydrogens (tertiary/aromatic N) is 4. The Morgan fingerprint density at radius 2 is 2.28 bits per heavy atom. The van der Waals surface area contributed by atoms with Gasteiger partial charge in [-0.05, 0) is 19.9 Å². The molecule has 0 aliphatic carbocycles. The first-order valence-electron chi connectivity index (χ1n) is 5.31. The number of hydrogen-bond acceptors (Lipinski definition) is 6. The van der Waals surface area contributed by atoms with Crippen molar-refractivity contribution in [2.75, 3.05) is 5.43 Å². The van der Waals surface area contributed by atoms with E-state index in [0.717, 1.165) is 11.3 Å². The molecule has 7 heteroatoms. The molecule has 2 heterocycles. The number of rotatable bonds is 3. The maximum Gasteiger partial charge on any atom is 0.274 e. The van der Waals surface area contributed by atoms with E-state index in [1.807, 2.05) is 19.1 Å². The van der Waals surface area contributed by atoms with E-state index in [2.05, 4.69) is 30.7 Å². The molecule has 0 atom stereocenters. The summed E-state index contributed by atoms with van der Waals surface area (Å²) >= 11 is 0. The molecular weight excluding hydrogens is 232 g/mol. The molecule has 2 N–H and O–H groups in total. The van der Waals surface area contributed by atoms with Crippen molar-refractivity contribution < 1.29 is 0 Å². The van der Waals surface area contributed by atoms with Gasteiger partial charge in [0.05, 0.1) is 5.71 Å². The summed E-state index contributed by atoms with van der Waals surface area (Å²) in [4.78, 5) is 17.8. The second-order valence-electron chi connectivity index (χ2n) is 3.64. The summed E-state index contributed by atoms with van der Waals surface area (Å²) in [6, 6.07) is 3.71. The van der Waals surface area contributed by atoms with E-state index >= 15 is 0 Å². The van der Waals surface area contributed by atoms with E-state index in [-0.39, 0.29) is 11.5 Å². The van der Waals surface area contributed by atoms with Gasteiger partial charge in [0.1, 0.15) is 5.69 Å². The fourth-order valence-electron chi connectivity index (χ4n) is 1.22. The summed E-state index contributed by atoms with van der Waals surface area (Å²) in [5, 5.41) is 11.5. The van der Waals surface area contributed by atoms with Crippen molar-refractivity contribution in [2.45, 2.75) is 13.8 Å². The van der Waals surface area contributed by atoms with Crippen molar-refractivity contribution in [1.82, 2.24) is 20.2 Å². The summed E-state index contributed by atoms with van der Waals surface area (Å²) in [5.74, 6) is 0.203. The van der Waals surface area contributed by atoms with Gasteiger partial charge in [0, 0.05) is 18.0 Å². The normalized spacial score (nSPS) is 11.3. The van der Waals surface area contributed by atoms with Gasteiger partial charge in [-0.25, -0.2) is 5.43 Å². The predicted octanol–water partition coefficient (Wildman–Crippen LogP) is 0.704. The number of hydrazone groups is 1. The topological polar surface area (TPSA) is 95.9 Å². The van der Waals surface area contributed by atoms with E-state index in [1.165, 1.54) is 0 Å². The summed E-state index contributed by atoms with van der Waals surface area (Å²) in [5.41, 5.74) is 4.28. The van der Waals surface area contributed by atoms with Crippen LogP contribution in [0, 0.1) is 6.92 Å². The summed E-state index contributed by atoms with van der Waals surface area (Å²) in [7, 11) is 0. The molecular formula is C11H12N6O. The Morgan fingerprint density at radius 1 is 1.44 bits per heavy atom. The second kappa shape index (κ2) is 5.17. The van der Waals surface area contributed by atoms with E-state index < -0.39 is 0 Å². The van der Waals surface area contributed by atoms with Gasteiger partial charge in [-0.15, -0.1) is 10.2 Å². The van der Waals surface area contributed by atoms with Gasteiger partial charge in [0.25, 0.3) is 5.56 Å². The van der Waals surface area contributed by atoms with Gasteiger partial charge < -0.3 is 0 Å². The molecule has 0 aromatic carbocycles. The molecule has 0 unspecified atom stereocenters. The molecule has 0 bridgehead atoms. The first-order chi connectivity index (χ1) is 8.66. The van der Waals surface area contributed by atoms with Gasteiger partial charge in [0.2, 0.25) is 5.95 Å². The number of aromatic nitrogens is 4. The van der Waals surface area contributed by atoms with Crippen molar-refractivity contribution in [3.8, 4) is 0 Å². The van der Waals surface area contributed by atoms with Crippen LogP contribution in [0.1, 0.15) is 18.2 Å². The van der Waals surface area contributed by atoms with E-state index in [0.29, 0.717) is 5.69 Å². The fraction of sp³-hybridized carbons (Fsp3) is 0.182. The van der Waals surface area contributed by atoms with Gasteiger partial charge in [-0.3, -0.25) is 14.8 Å². The van der Waals surface area contributed by atoms with Gasteiger partial charge >= 0.3 is 0 Å². The van der Waals surface area contributed by atoms with Gasteiger partial charge in [-0.1, -0.05) is 6.07 Å². The highest BCUT2D eigenvalue weighted by atomic mass is 16.1. The highest BCUT2D eigenvalue weighted by molar-refractivity contribution is 5.98. The van der Waals surface area contributed by atoms with Crippen molar-refractivity contribution in [3.63, 3.8) is 0 Å². The van der Waals surface area contributed by atoms with Crippen molar-refractivity contribution in [3.05, 3.63) is 46.1 Å². The van der Waals surface area contributed by atoms with Crippen LogP contribution in [0.2, 0.25) is 0 Å². The standard InChI is InChI=1S/C11H12N6O/c1-7(9-4-3-5-12-6-9)14-16-11-13-10(18)8(2)15-17-11/h3-6H,1-2H3,(H2,13,16,17,18)/b14-7+. The molecule has 0 aliphatic rings. The Labute approximate surface area is 103 Å². The molecule has 2 rings (SSSR count). The molecule has 0 saturated heterocycles. The minimum absolute atomic E-state index is 0.203. The monoisotopic (exact) mass is 244 g/mol. The van der Waals surface area contributed by atoms with Gasteiger partial charge in [-0.2, -0.15) is 5.10 Å². The summed E-state index contributed by atoms with van der Waals surface area (Å²) < 4.78 is 0. The largest absolute Gasteiger partial charge is 0.288 e. The van der Waals surface area contributed by atoms with Crippen LogP contribution in [0.5, 0.6) is 0 Å². The van der Waals surface area contributed by atoms with Crippen LogP contribution in [0.25, 0.3) is 0 Å². The van der Waals surface area contributed by atoms with Gasteiger partial charge in [0.15, 0.2) is 0 Å². The first kappa shape index (κ1) is 11.9. The van der Waals surface area contributed by atoms with Crippen LogP contribution in [-0.2, 0) is 0 Å². The molecule has 2 aromatic heterocycles. The third kappa shape index (κ3) is 2.76. The first-order valence-corrected chi connectivity index (χ1v) is 5.31. The fourth-order valence-corrected chi connectivity index (χ4v) is 1.22. The molecule has 92 valence electrons. The van der Waals surface area contributed by atoms with Crippen LogP contribution in [0.15, 0.2) is 34.4 Å². The number of pyridine rings is 1. The van der Waals surface area contributed by atoms with Crippen LogP contribution < -0.4 is 11.0 Å². The Morgan fingerprint density at radius 3 is 2.94 bits per heavy atom. The number of H-pyrrole nitrogens is 1. The molecule has 18 heavy (non-hydrogen) atoms. The summed E-state index contributed by atoms with van der Waals surface area (Å²) in [6.07, 6.45) is 3.39. The maximum absolute atomic E-state index is 11.3. The highest BCUT2D eigenvalue weighted by Gasteiger charge is 2.00. The smallest absolute Gasteiger partial charge is 0.274 e. The number of anilines is 1. The lowest BCUT2D eigenvalue weighted by Crippen LogP contribution is -2.16. The average molecular weight is 244 g/mol. The molecule has 7 nitrogen and oxygen atoms in total. The number of hydrogen-bond donors (Lipinski definition) is 2. The average Bonchev–Trinajstić information content (AvgIpc) is 2.41. The molecule has 0 aliphatic heterocycles. The minimum atomic E-state index is -0.290. The van der Waals surface area contributed by atoms with E-state index in [9.17, 15) is 4.79 Å². The number of aromatic amines is 1. The van der Waals surface area contributed by atoms with Crippen LogP contribution in [0.4, 0.5) is 5.95 Å². The molecule has 0 amide bonds. The quantitative estimate of drug-likeness (QED) is 0.612.